The van der Waals surface area contributed by atoms with Gasteiger partial charge in [-0.3, -0.25) is 9.59 Å². The van der Waals surface area contributed by atoms with Crippen LogP contribution < -0.4 is 0 Å². The molecule has 5 nitrogen and oxygen atoms in total. The highest BCUT2D eigenvalue weighted by Gasteiger charge is 2.29. The Bertz CT molecular complexity index is 564. The molecule has 0 aromatic rings. The quantitative estimate of drug-likeness (QED) is 0.338. The van der Waals surface area contributed by atoms with Crippen LogP contribution in [0.2, 0.25) is 0 Å². The highest BCUT2D eigenvalue weighted by atomic mass is 16.5. The molecule has 0 N–H and O–H groups in total. The van der Waals surface area contributed by atoms with Crippen LogP contribution in [0, 0.1) is 5.41 Å². The third-order valence-electron chi connectivity index (χ3n) is 3.63. The molecule has 0 saturated carbocycles. The average Bonchev–Trinajstić information content (AvgIpc) is 2.41. The molecule has 0 saturated heterocycles. The molecule has 0 unspecified atom stereocenters. The third-order valence-corrected chi connectivity index (χ3v) is 3.63. The Kier molecular flexibility index (Phi) is 5.85. The van der Waals surface area contributed by atoms with Crippen molar-refractivity contribution in [3.8, 4) is 0 Å². The molecular weight excluding hydrogens is 284 g/mol. The first kappa shape index (κ1) is 17.9. The van der Waals surface area contributed by atoms with Crippen molar-refractivity contribution in [3.05, 3.63) is 34.9 Å². The lowest BCUT2D eigenvalue weighted by atomic mass is 9.77. The van der Waals surface area contributed by atoms with E-state index in [2.05, 4.69) is 0 Å². The lowest BCUT2D eigenvalue weighted by Crippen LogP contribution is -2.27. The highest BCUT2D eigenvalue weighted by molar-refractivity contribution is 5.85. The molecule has 0 aromatic heterocycles. The Morgan fingerprint density at radius 1 is 1.32 bits per heavy atom. The normalized spacial score (nSPS) is 20.6. The molecule has 0 spiro atoms. The summed E-state index contributed by atoms with van der Waals surface area (Å²) in [5.41, 5.74) is 1.67. The van der Waals surface area contributed by atoms with Crippen LogP contribution in [0.5, 0.6) is 0 Å². The lowest BCUT2D eigenvalue weighted by Gasteiger charge is -2.30. The molecule has 1 rings (SSSR count). The van der Waals surface area contributed by atoms with Crippen molar-refractivity contribution in [2.24, 2.45) is 5.41 Å². The number of esters is 2. The second-order valence-corrected chi connectivity index (χ2v) is 5.91. The zero-order chi connectivity index (χ0) is 16.9. The van der Waals surface area contributed by atoms with E-state index < -0.39 is 18.0 Å². The molecule has 0 radical (unpaired) electrons. The molecule has 0 heterocycles. The SMILES string of the molecule is CC(=O)OCC(C)=CC(=O)O[C@@H]1C=CC(C)(C)C(C)=C1C=O. The van der Waals surface area contributed by atoms with Crippen LogP contribution >= 0.6 is 0 Å². The van der Waals surface area contributed by atoms with Crippen molar-refractivity contribution in [1.82, 2.24) is 0 Å². The van der Waals surface area contributed by atoms with Crippen molar-refractivity contribution < 1.29 is 23.9 Å². The van der Waals surface area contributed by atoms with Crippen LogP contribution in [0.15, 0.2) is 34.9 Å². The van der Waals surface area contributed by atoms with E-state index in [9.17, 15) is 14.4 Å². The molecule has 0 bridgehead atoms. The van der Waals surface area contributed by atoms with E-state index in [-0.39, 0.29) is 12.0 Å². The predicted molar refractivity (Wildman–Crippen MR) is 82.0 cm³/mol. The molecule has 0 fully saturated rings. The van der Waals surface area contributed by atoms with E-state index in [1.807, 2.05) is 26.8 Å². The average molecular weight is 306 g/mol. The summed E-state index contributed by atoms with van der Waals surface area (Å²) in [6.45, 7) is 8.83. The number of carbonyl (C=O) groups is 3. The molecule has 1 aliphatic rings. The fourth-order valence-electron chi connectivity index (χ4n) is 2.02. The number of hydrogen-bond acceptors (Lipinski definition) is 5. The maximum Gasteiger partial charge on any atom is 0.331 e. The fraction of sp³-hybridized carbons (Fsp3) is 0.471. The summed E-state index contributed by atoms with van der Waals surface area (Å²) in [5.74, 6) is -0.994. The molecule has 22 heavy (non-hydrogen) atoms. The van der Waals surface area contributed by atoms with Crippen molar-refractivity contribution in [2.45, 2.75) is 40.7 Å². The Morgan fingerprint density at radius 2 is 1.95 bits per heavy atom. The first-order chi connectivity index (χ1) is 10.2. The first-order valence-electron chi connectivity index (χ1n) is 7.04. The summed E-state index contributed by atoms with van der Waals surface area (Å²) in [5, 5.41) is 0. The van der Waals surface area contributed by atoms with Crippen LogP contribution in [0.25, 0.3) is 0 Å². The highest BCUT2D eigenvalue weighted by Crippen LogP contribution is 2.35. The van der Waals surface area contributed by atoms with Gasteiger partial charge in [-0.25, -0.2) is 4.79 Å². The van der Waals surface area contributed by atoms with Crippen molar-refractivity contribution in [1.29, 1.82) is 0 Å². The molecule has 0 aromatic carbocycles. The van der Waals surface area contributed by atoms with E-state index in [0.29, 0.717) is 11.1 Å². The van der Waals surface area contributed by atoms with Gasteiger partial charge in [0.05, 0.1) is 0 Å². The summed E-state index contributed by atoms with van der Waals surface area (Å²) in [7, 11) is 0. The summed E-state index contributed by atoms with van der Waals surface area (Å²) in [6.07, 6.45) is 4.94. The zero-order valence-electron chi connectivity index (χ0n) is 13.6. The van der Waals surface area contributed by atoms with Gasteiger partial charge in [0.1, 0.15) is 19.0 Å². The smallest absolute Gasteiger partial charge is 0.331 e. The van der Waals surface area contributed by atoms with E-state index in [1.54, 1.807) is 13.0 Å². The van der Waals surface area contributed by atoms with Crippen LogP contribution in [0.1, 0.15) is 34.6 Å². The summed E-state index contributed by atoms with van der Waals surface area (Å²) in [4.78, 5) is 33.9. The number of aldehydes is 1. The number of carbonyl (C=O) groups excluding carboxylic acids is 3. The maximum atomic E-state index is 11.9. The minimum atomic E-state index is -0.684. The first-order valence-corrected chi connectivity index (χ1v) is 7.04. The van der Waals surface area contributed by atoms with E-state index in [1.165, 1.54) is 13.0 Å². The lowest BCUT2D eigenvalue weighted by molar-refractivity contribution is -0.141. The number of hydrogen-bond donors (Lipinski definition) is 0. The van der Waals surface area contributed by atoms with Crippen LogP contribution in [0.4, 0.5) is 0 Å². The Hall–Kier alpha value is -2.17. The molecule has 120 valence electrons. The second kappa shape index (κ2) is 7.20. The molecule has 0 amide bonds. The number of allylic oxidation sites excluding steroid dienone is 2. The monoisotopic (exact) mass is 306 g/mol. The van der Waals surface area contributed by atoms with Gasteiger partial charge in [-0.15, -0.1) is 0 Å². The maximum absolute atomic E-state index is 11.9. The van der Waals surface area contributed by atoms with Crippen molar-refractivity contribution >= 4 is 18.2 Å². The zero-order valence-corrected chi connectivity index (χ0v) is 13.6. The van der Waals surface area contributed by atoms with Gasteiger partial charge in [0.2, 0.25) is 0 Å². The van der Waals surface area contributed by atoms with Crippen LogP contribution in [-0.2, 0) is 23.9 Å². The summed E-state index contributed by atoms with van der Waals surface area (Å²) in [6, 6.07) is 0. The van der Waals surface area contributed by atoms with Crippen LogP contribution in [-0.4, -0.2) is 30.9 Å². The van der Waals surface area contributed by atoms with E-state index in [0.717, 1.165) is 11.9 Å². The number of rotatable bonds is 5. The Morgan fingerprint density at radius 3 is 2.50 bits per heavy atom. The largest absolute Gasteiger partial charge is 0.461 e. The van der Waals surface area contributed by atoms with Gasteiger partial charge in [-0.1, -0.05) is 25.5 Å². The van der Waals surface area contributed by atoms with Gasteiger partial charge < -0.3 is 9.47 Å². The van der Waals surface area contributed by atoms with Crippen molar-refractivity contribution in [2.75, 3.05) is 6.61 Å². The summed E-state index contributed by atoms with van der Waals surface area (Å²) >= 11 is 0. The Balaban J connectivity index is 2.78. The molecule has 5 heteroatoms. The summed E-state index contributed by atoms with van der Waals surface area (Å²) < 4.78 is 10.1. The topological polar surface area (TPSA) is 69.7 Å². The van der Waals surface area contributed by atoms with Crippen LogP contribution in [0.3, 0.4) is 0 Å². The standard InChI is InChI=1S/C17H22O5/c1-11(10-21-13(3)19)8-16(20)22-15-6-7-17(4,5)12(2)14(15)9-18/h6-9,15H,10H2,1-5H3/t15-/m1/s1. The minimum absolute atomic E-state index is 0.0351. The fourth-order valence-corrected chi connectivity index (χ4v) is 2.02. The second-order valence-electron chi connectivity index (χ2n) is 5.91. The molecular formula is C17H22O5. The number of ether oxygens (including phenoxy) is 2. The third kappa shape index (κ3) is 4.69. The van der Waals surface area contributed by atoms with Crippen molar-refractivity contribution in [3.63, 3.8) is 0 Å². The molecule has 0 aliphatic heterocycles. The molecule has 1 atom stereocenters. The van der Waals surface area contributed by atoms with E-state index >= 15 is 0 Å². The van der Waals surface area contributed by atoms with Gasteiger partial charge in [-0.05, 0) is 25.5 Å². The molecule has 1 aliphatic carbocycles. The van der Waals surface area contributed by atoms with E-state index in [4.69, 9.17) is 9.47 Å². The van der Waals surface area contributed by atoms with Gasteiger partial charge in [0.25, 0.3) is 0 Å². The van der Waals surface area contributed by atoms with Gasteiger partial charge in [0.15, 0.2) is 0 Å². The Labute approximate surface area is 130 Å². The van der Waals surface area contributed by atoms with Gasteiger partial charge >= 0.3 is 11.9 Å². The van der Waals surface area contributed by atoms with Gasteiger partial charge in [-0.2, -0.15) is 0 Å². The predicted octanol–water partition coefficient (Wildman–Crippen LogP) is 2.52. The van der Waals surface area contributed by atoms with Gasteiger partial charge in [0, 0.05) is 24.0 Å². The minimum Gasteiger partial charge on any atom is -0.461 e.